The number of carboxylic acid groups (broad SMARTS) is 1. The van der Waals surface area contributed by atoms with Crippen LogP contribution in [-0.4, -0.2) is 52.8 Å². The smallest absolute Gasteiger partial charge is 0.318 e. The molecule has 0 aliphatic carbocycles. The molecule has 2 atom stereocenters. The molecule has 0 aromatic heterocycles. The summed E-state index contributed by atoms with van der Waals surface area (Å²) in [4.78, 5) is 24.4. The van der Waals surface area contributed by atoms with E-state index in [2.05, 4.69) is 5.32 Å². The largest absolute Gasteiger partial charge is 0.481 e. The SMILES string of the molecule is C[C@@H]1CN(C(=O)NC(C)(C)CC(=O)O)C[C@H](C)O1. The number of hydrogen-bond acceptors (Lipinski definition) is 3. The first-order chi connectivity index (χ1) is 8.19. The monoisotopic (exact) mass is 258 g/mol. The van der Waals surface area contributed by atoms with Crippen molar-refractivity contribution in [2.75, 3.05) is 13.1 Å². The number of nitrogens with zero attached hydrogens (tertiary/aromatic N) is 1. The topological polar surface area (TPSA) is 78.9 Å². The Labute approximate surface area is 107 Å². The zero-order valence-electron chi connectivity index (χ0n) is 11.4. The van der Waals surface area contributed by atoms with E-state index in [0.29, 0.717) is 13.1 Å². The van der Waals surface area contributed by atoms with Crippen LogP contribution in [0.5, 0.6) is 0 Å². The molecule has 0 spiro atoms. The minimum absolute atomic E-state index is 0.00193. The highest BCUT2D eigenvalue weighted by Crippen LogP contribution is 2.13. The van der Waals surface area contributed by atoms with Gasteiger partial charge < -0.3 is 20.1 Å². The number of ether oxygens (including phenoxy) is 1. The van der Waals surface area contributed by atoms with Gasteiger partial charge in [0, 0.05) is 18.6 Å². The summed E-state index contributed by atoms with van der Waals surface area (Å²) in [5, 5.41) is 11.5. The highest BCUT2D eigenvalue weighted by molar-refractivity contribution is 5.76. The number of rotatable bonds is 3. The van der Waals surface area contributed by atoms with E-state index in [1.54, 1.807) is 18.7 Å². The molecule has 2 N–H and O–H groups in total. The van der Waals surface area contributed by atoms with Gasteiger partial charge in [-0.25, -0.2) is 4.79 Å². The summed E-state index contributed by atoms with van der Waals surface area (Å²) in [6.07, 6.45) is -0.0991. The van der Waals surface area contributed by atoms with Crippen molar-refractivity contribution in [1.82, 2.24) is 10.2 Å². The lowest BCUT2D eigenvalue weighted by molar-refractivity contribution is -0.138. The molecule has 1 rings (SSSR count). The zero-order valence-corrected chi connectivity index (χ0v) is 11.4. The van der Waals surface area contributed by atoms with Crippen molar-refractivity contribution in [3.05, 3.63) is 0 Å². The number of carbonyl (C=O) groups is 2. The molecule has 104 valence electrons. The molecular weight excluding hydrogens is 236 g/mol. The second kappa shape index (κ2) is 5.56. The fourth-order valence-corrected chi connectivity index (χ4v) is 2.13. The molecule has 1 fully saturated rings. The first-order valence-corrected chi connectivity index (χ1v) is 6.14. The number of amides is 2. The maximum absolute atomic E-state index is 12.1. The van der Waals surface area contributed by atoms with Crippen LogP contribution in [0.4, 0.5) is 4.79 Å². The Morgan fingerprint density at radius 3 is 2.28 bits per heavy atom. The van der Waals surface area contributed by atoms with Gasteiger partial charge in [0.2, 0.25) is 0 Å². The Balaban J connectivity index is 2.56. The summed E-state index contributed by atoms with van der Waals surface area (Å²) in [6.45, 7) is 8.29. The highest BCUT2D eigenvalue weighted by Gasteiger charge is 2.30. The molecule has 6 nitrogen and oxygen atoms in total. The number of carboxylic acids is 1. The van der Waals surface area contributed by atoms with Crippen LogP contribution < -0.4 is 5.32 Å². The van der Waals surface area contributed by atoms with Crippen LogP contribution in [-0.2, 0) is 9.53 Å². The van der Waals surface area contributed by atoms with Gasteiger partial charge in [0.25, 0.3) is 0 Å². The summed E-state index contributed by atoms with van der Waals surface area (Å²) in [7, 11) is 0. The van der Waals surface area contributed by atoms with Gasteiger partial charge in [-0.1, -0.05) is 0 Å². The third-order valence-corrected chi connectivity index (χ3v) is 2.75. The number of aliphatic carboxylic acids is 1. The van der Waals surface area contributed by atoms with Crippen molar-refractivity contribution < 1.29 is 19.4 Å². The fourth-order valence-electron chi connectivity index (χ4n) is 2.13. The van der Waals surface area contributed by atoms with Crippen molar-refractivity contribution in [3.63, 3.8) is 0 Å². The van der Waals surface area contributed by atoms with E-state index in [0.717, 1.165) is 0 Å². The van der Waals surface area contributed by atoms with Crippen LogP contribution in [0.3, 0.4) is 0 Å². The van der Waals surface area contributed by atoms with Gasteiger partial charge in [-0.2, -0.15) is 0 Å². The predicted molar refractivity (Wildman–Crippen MR) is 66.4 cm³/mol. The molecule has 0 aromatic rings. The Kier molecular flexibility index (Phi) is 4.56. The summed E-state index contributed by atoms with van der Waals surface area (Å²) in [5.41, 5.74) is -0.756. The maximum Gasteiger partial charge on any atom is 0.318 e. The van der Waals surface area contributed by atoms with Crippen LogP contribution in [0.2, 0.25) is 0 Å². The van der Waals surface area contributed by atoms with E-state index in [1.807, 2.05) is 13.8 Å². The lowest BCUT2D eigenvalue weighted by Gasteiger charge is -2.37. The lowest BCUT2D eigenvalue weighted by Crippen LogP contribution is -2.56. The quantitative estimate of drug-likeness (QED) is 0.793. The minimum atomic E-state index is -0.927. The van der Waals surface area contributed by atoms with Crippen molar-refractivity contribution in [2.45, 2.75) is 51.9 Å². The average Bonchev–Trinajstić information content (AvgIpc) is 2.12. The molecule has 1 saturated heterocycles. The zero-order chi connectivity index (χ0) is 13.9. The molecule has 0 unspecified atom stereocenters. The van der Waals surface area contributed by atoms with Gasteiger partial charge in [0.1, 0.15) is 0 Å². The summed E-state index contributed by atoms with van der Waals surface area (Å²) >= 11 is 0. The molecule has 2 amide bonds. The second-order valence-electron chi connectivity index (χ2n) is 5.55. The molecule has 0 saturated carbocycles. The van der Waals surface area contributed by atoms with Crippen molar-refractivity contribution in [2.24, 2.45) is 0 Å². The van der Waals surface area contributed by atoms with Crippen molar-refractivity contribution >= 4 is 12.0 Å². The Bertz CT molecular complexity index is 320. The molecule has 0 aromatic carbocycles. The molecule has 0 radical (unpaired) electrons. The summed E-state index contributed by atoms with van der Waals surface area (Å²) in [6, 6.07) is -0.233. The van der Waals surface area contributed by atoms with Gasteiger partial charge in [-0.05, 0) is 27.7 Å². The summed E-state index contributed by atoms with van der Waals surface area (Å²) < 4.78 is 5.55. The predicted octanol–water partition coefficient (Wildman–Crippen LogP) is 1.06. The standard InChI is InChI=1S/C12H22N2O4/c1-8-6-14(7-9(2)18-8)11(17)13-12(3,4)5-10(15)16/h8-9H,5-7H2,1-4H3,(H,13,17)(H,15,16)/t8-,9+. The van der Waals surface area contributed by atoms with Gasteiger partial charge in [0.15, 0.2) is 0 Å². The van der Waals surface area contributed by atoms with Crippen molar-refractivity contribution in [3.8, 4) is 0 Å². The van der Waals surface area contributed by atoms with E-state index in [9.17, 15) is 9.59 Å². The highest BCUT2D eigenvalue weighted by atomic mass is 16.5. The number of urea groups is 1. The molecule has 18 heavy (non-hydrogen) atoms. The van der Waals surface area contributed by atoms with Crippen LogP contribution in [0, 0.1) is 0 Å². The van der Waals surface area contributed by atoms with E-state index in [4.69, 9.17) is 9.84 Å². The van der Waals surface area contributed by atoms with E-state index >= 15 is 0 Å². The Hall–Kier alpha value is -1.30. The van der Waals surface area contributed by atoms with Crippen molar-refractivity contribution in [1.29, 1.82) is 0 Å². The van der Waals surface area contributed by atoms with Crippen LogP contribution in [0.15, 0.2) is 0 Å². The number of nitrogens with one attached hydrogen (secondary N) is 1. The Morgan fingerprint density at radius 1 is 1.33 bits per heavy atom. The number of morpholine rings is 1. The molecule has 6 heteroatoms. The molecule has 0 bridgehead atoms. The Morgan fingerprint density at radius 2 is 1.83 bits per heavy atom. The average molecular weight is 258 g/mol. The third-order valence-electron chi connectivity index (χ3n) is 2.75. The maximum atomic E-state index is 12.1. The minimum Gasteiger partial charge on any atom is -0.481 e. The molecular formula is C12H22N2O4. The van der Waals surface area contributed by atoms with E-state index in [-0.39, 0.29) is 24.7 Å². The summed E-state index contributed by atoms with van der Waals surface area (Å²) in [5.74, 6) is -0.927. The third kappa shape index (κ3) is 4.52. The lowest BCUT2D eigenvalue weighted by atomic mass is 10.0. The normalized spacial score (nSPS) is 24.8. The first kappa shape index (κ1) is 14.8. The van der Waals surface area contributed by atoms with Crippen LogP contribution >= 0.6 is 0 Å². The van der Waals surface area contributed by atoms with Crippen LogP contribution in [0.25, 0.3) is 0 Å². The molecule has 1 aliphatic heterocycles. The second-order valence-corrected chi connectivity index (χ2v) is 5.55. The van der Waals surface area contributed by atoms with E-state index in [1.165, 1.54) is 0 Å². The van der Waals surface area contributed by atoms with E-state index < -0.39 is 11.5 Å². The fraction of sp³-hybridized carbons (Fsp3) is 0.833. The molecule has 1 heterocycles. The molecule has 1 aliphatic rings. The number of carbonyl (C=O) groups excluding carboxylic acids is 1. The number of hydrogen-bond donors (Lipinski definition) is 2. The van der Waals surface area contributed by atoms with Gasteiger partial charge in [0.05, 0.1) is 18.6 Å². The van der Waals surface area contributed by atoms with Crippen LogP contribution in [0.1, 0.15) is 34.1 Å². The first-order valence-electron chi connectivity index (χ1n) is 6.14. The van der Waals surface area contributed by atoms with Gasteiger partial charge in [-0.15, -0.1) is 0 Å². The van der Waals surface area contributed by atoms with Gasteiger partial charge in [-0.3, -0.25) is 4.79 Å². The van der Waals surface area contributed by atoms with Gasteiger partial charge >= 0.3 is 12.0 Å².